The molecule has 2 aromatic rings. The lowest BCUT2D eigenvalue weighted by molar-refractivity contribution is -0.384. The predicted molar refractivity (Wildman–Crippen MR) is 96.8 cm³/mol. The first-order valence-electron chi connectivity index (χ1n) is 8.43. The van der Waals surface area contributed by atoms with Crippen molar-refractivity contribution in [1.82, 2.24) is 14.1 Å². The van der Waals surface area contributed by atoms with Crippen LogP contribution in [0, 0.1) is 10.1 Å². The Hall–Kier alpha value is -2.46. The zero-order valence-corrected chi connectivity index (χ0v) is 15.3. The summed E-state index contributed by atoms with van der Waals surface area (Å²) in [7, 11) is -2.01. The van der Waals surface area contributed by atoms with E-state index < -0.39 is 14.9 Å². The Morgan fingerprint density at radius 1 is 1.15 bits per heavy atom. The van der Waals surface area contributed by atoms with Crippen LogP contribution in [0.5, 0.6) is 0 Å². The van der Waals surface area contributed by atoms with Gasteiger partial charge < -0.3 is 5.32 Å². The van der Waals surface area contributed by atoms with E-state index in [0.29, 0.717) is 18.9 Å². The summed E-state index contributed by atoms with van der Waals surface area (Å²) in [6, 6.07) is 5.60. The summed E-state index contributed by atoms with van der Waals surface area (Å²) in [5.74, 6) is 0.443. The molecule has 0 spiro atoms. The van der Waals surface area contributed by atoms with Gasteiger partial charge in [-0.3, -0.25) is 14.8 Å². The minimum absolute atomic E-state index is 0.0577. The molecule has 2 heterocycles. The Labute approximate surface area is 151 Å². The molecule has 0 atom stereocenters. The Kier molecular flexibility index (Phi) is 5.23. The summed E-state index contributed by atoms with van der Waals surface area (Å²) in [5.41, 5.74) is -0.102. The average Bonchev–Trinajstić information content (AvgIpc) is 2.85. The van der Waals surface area contributed by atoms with Gasteiger partial charge in [-0.1, -0.05) is 12.8 Å². The molecule has 1 saturated heterocycles. The first kappa shape index (κ1) is 18.3. The molecule has 1 N–H and O–H groups in total. The molecule has 1 aromatic heterocycles. The van der Waals surface area contributed by atoms with E-state index in [1.165, 1.54) is 16.4 Å². The van der Waals surface area contributed by atoms with Crippen LogP contribution in [0.2, 0.25) is 0 Å². The first-order chi connectivity index (χ1) is 12.4. The highest BCUT2D eigenvalue weighted by atomic mass is 32.2. The number of nitrogens with zero attached hydrogens (tertiary/aromatic N) is 4. The summed E-state index contributed by atoms with van der Waals surface area (Å²) in [5, 5.41) is 18.4. The van der Waals surface area contributed by atoms with Crippen molar-refractivity contribution in [3.05, 3.63) is 40.6 Å². The molecule has 3 rings (SSSR count). The number of hydrogen-bond acceptors (Lipinski definition) is 6. The Morgan fingerprint density at radius 3 is 2.42 bits per heavy atom. The molecule has 1 fully saturated rings. The van der Waals surface area contributed by atoms with Crippen LogP contribution in [0.4, 0.5) is 17.2 Å². The number of sulfonamides is 1. The second-order valence-electron chi connectivity index (χ2n) is 6.25. The van der Waals surface area contributed by atoms with Crippen molar-refractivity contribution in [3.8, 4) is 0 Å². The van der Waals surface area contributed by atoms with Crippen LogP contribution in [0.15, 0.2) is 35.4 Å². The number of aryl methyl sites for hydroxylation is 1. The molecule has 0 unspecified atom stereocenters. The lowest BCUT2D eigenvalue weighted by atomic mass is 10.2. The molecular formula is C16H21N5O4S. The number of hydrogen-bond donors (Lipinski definition) is 1. The Bertz CT molecular complexity index is 901. The maximum Gasteiger partial charge on any atom is 0.294 e. The molecule has 9 nitrogen and oxygen atoms in total. The van der Waals surface area contributed by atoms with Crippen molar-refractivity contribution < 1.29 is 13.3 Å². The largest absolute Gasteiger partial charge is 0.333 e. The molecule has 1 aromatic carbocycles. The zero-order chi connectivity index (χ0) is 18.7. The van der Waals surface area contributed by atoms with Crippen LogP contribution in [0.3, 0.4) is 0 Å². The van der Waals surface area contributed by atoms with E-state index in [-0.39, 0.29) is 16.3 Å². The Morgan fingerprint density at radius 2 is 1.85 bits per heavy atom. The maximum absolute atomic E-state index is 12.9. The average molecular weight is 379 g/mol. The molecule has 10 heteroatoms. The molecule has 0 saturated carbocycles. The van der Waals surface area contributed by atoms with Crippen molar-refractivity contribution in [2.24, 2.45) is 7.05 Å². The smallest absolute Gasteiger partial charge is 0.294 e. The molecule has 1 aliphatic rings. The standard InChI is InChI=1S/C16H21N5O4S/c1-19-11-8-16(18-19)17-14-7-6-13(12-15(14)21(22)23)26(24,25)20-9-4-2-3-5-10-20/h6-8,11-12H,2-5,9-10H2,1H3,(H,17,18). The van der Waals surface area contributed by atoms with Crippen LogP contribution >= 0.6 is 0 Å². The highest BCUT2D eigenvalue weighted by Gasteiger charge is 2.28. The van der Waals surface area contributed by atoms with Gasteiger partial charge in [-0.2, -0.15) is 9.40 Å². The van der Waals surface area contributed by atoms with Gasteiger partial charge in [0.15, 0.2) is 5.82 Å². The minimum atomic E-state index is -3.75. The van der Waals surface area contributed by atoms with Gasteiger partial charge >= 0.3 is 0 Å². The van der Waals surface area contributed by atoms with Crippen molar-refractivity contribution in [2.45, 2.75) is 30.6 Å². The normalized spacial score (nSPS) is 16.2. The van der Waals surface area contributed by atoms with Crippen LogP contribution < -0.4 is 5.32 Å². The SMILES string of the molecule is Cn1ccc(Nc2ccc(S(=O)(=O)N3CCCCCC3)cc2[N+](=O)[O-])n1. The quantitative estimate of drug-likeness (QED) is 0.631. The number of rotatable bonds is 5. The van der Waals surface area contributed by atoms with Gasteiger partial charge in [0.05, 0.1) is 9.82 Å². The third-order valence-corrected chi connectivity index (χ3v) is 6.24. The van der Waals surface area contributed by atoms with Crippen molar-refractivity contribution in [3.63, 3.8) is 0 Å². The molecule has 0 amide bonds. The van der Waals surface area contributed by atoms with Crippen LogP contribution in [0.25, 0.3) is 0 Å². The van der Waals surface area contributed by atoms with E-state index >= 15 is 0 Å². The van der Waals surface area contributed by atoms with Gasteiger partial charge in [0.2, 0.25) is 10.0 Å². The van der Waals surface area contributed by atoms with Gasteiger partial charge in [-0.25, -0.2) is 8.42 Å². The van der Waals surface area contributed by atoms with Gasteiger partial charge in [0.25, 0.3) is 5.69 Å². The van der Waals surface area contributed by atoms with E-state index in [9.17, 15) is 18.5 Å². The minimum Gasteiger partial charge on any atom is -0.333 e. The third kappa shape index (κ3) is 3.86. The van der Waals surface area contributed by atoms with E-state index in [2.05, 4.69) is 10.4 Å². The number of nitro groups is 1. The van der Waals surface area contributed by atoms with Gasteiger partial charge in [0, 0.05) is 38.5 Å². The number of benzene rings is 1. The van der Waals surface area contributed by atoms with Gasteiger partial charge in [-0.15, -0.1) is 0 Å². The summed E-state index contributed by atoms with van der Waals surface area (Å²) in [6.07, 6.45) is 5.31. The Balaban J connectivity index is 1.93. The first-order valence-corrected chi connectivity index (χ1v) is 9.87. The highest BCUT2D eigenvalue weighted by molar-refractivity contribution is 7.89. The van der Waals surface area contributed by atoms with E-state index in [1.807, 2.05) is 0 Å². The number of aromatic nitrogens is 2. The predicted octanol–water partition coefficient (Wildman–Crippen LogP) is 2.64. The number of nitrogens with one attached hydrogen (secondary N) is 1. The summed E-state index contributed by atoms with van der Waals surface area (Å²) in [6.45, 7) is 0.897. The molecular weight excluding hydrogens is 358 g/mol. The fraction of sp³-hybridized carbons (Fsp3) is 0.438. The van der Waals surface area contributed by atoms with Crippen molar-refractivity contribution in [2.75, 3.05) is 18.4 Å². The second-order valence-corrected chi connectivity index (χ2v) is 8.19. The molecule has 140 valence electrons. The highest BCUT2D eigenvalue weighted by Crippen LogP contribution is 2.31. The monoisotopic (exact) mass is 379 g/mol. The molecule has 0 bridgehead atoms. The number of anilines is 2. The summed E-state index contributed by atoms with van der Waals surface area (Å²) < 4.78 is 28.7. The van der Waals surface area contributed by atoms with Gasteiger partial charge in [-0.05, 0) is 25.0 Å². The molecule has 0 radical (unpaired) electrons. The van der Waals surface area contributed by atoms with Crippen LogP contribution in [0.1, 0.15) is 25.7 Å². The van der Waals surface area contributed by atoms with E-state index in [4.69, 9.17) is 0 Å². The third-order valence-electron chi connectivity index (χ3n) is 4.35. The van der Waals surface area contributed by atoms with Gasteiger partial charge in [0.1, 0.15) is 5.69 Å². The zero-order valence-electron chi connectivity index (χ0n) is 14.5. The summed E-state index contributed by atoms with van der Waals surface area (Å²) in [4.78, 5) is 10.8. The number of nitro benzene ring substituents is 1. The lowest BCUT2D eigenvalue weighted by Crippen LogP contribution is -2.32. The lowest BCUT2D eigenvalue weighted by Gasteiger charge is -2.20. The van der Waals surface area contributed by atoms with Crippen molar-refractivity contribution >= 4 is 27.2 Å². The van der Waals surface area contributed by atoms with Crippen LogP contribution in [-0.4, -0.2) is 40.5 Å². The molecule has 0 aliphatic carbocycles. The van der Waals surface area contributed by atoms with E-state index in [0.717, 1.165) is 31.7 Å². The maximum atomic E-state index is 12.9. The van der Waals surface area contributed by atoms with Crippen LogP contribution in [-0.2, 0) is 17.1 Å². The fourth-order valence-electron chi connectivity index (χ4n) is 2.98. The molecule has 26 heavy (non-hydrogen) atoms. The van der Waals surface area contributed by atoms with E-state index in [1.54, 1.807) is 24.0 Å². The second kappa shape index (κ2) is 7.42. The van der Waals surface area contributed by atoms with Crippen molar-refractivity contribution in [1.29, 1.82) is 0 Å². The molecule has 1 aliphatic heterocycles. The fourth-order valence-corrected chi connectivity index (χ4v) is 4.52. The topological polar surface area (TPSA) is 110 Å². The summed E-state index contributed by atoms with van der Waals surface area (Å²) >= 11 is 0.